The number of halogens is 1. The lowest BCUT2D eigenvalue weighted by atomic mass is 10.1. The molecule has 0 atom stereocenters. The molecule has 32 heavy (non-hydrogen) atoms. The fourth-order valence-corrected chi connectivity index (χ4v) is 3.99. The zero-order valence-corrected chi connectivity index (χ0v) is 19.1. The molecule has 0 saturated carbocycles. The summed E-state index contributed by atoms with van der Waals surface area (Å²) in [7, 11) is -3.56. The minimum Gasteiger partial charge on any atom is -0.507 e. The summed E-state index contributed by atoms with van der Waals surface area (Å²) in [6, 6.07) is 19.8. The van der Waals surface area contributed by atoms with Gasteiger partial charge in [-0.25, -0.2) is 13.8 Å². The van der Waals surface area contributed by atoms with E-state index in [-0.39, 0.29) is 12.3 Å². The summed E-state index contributed by atoms with van der Waals surface area (Å²) in [6.45, 7) is 1.80. The fraction of sp³-hybridized carbons (Fsp3) is 0.130. The van der Waals surface area contributed by atoms with Gasteiger partial charge >= 0.3 is 0 Å². The van der Waals surface area contributed by atoms with Gasteiger partial charge in [-0.15, -0.1) is 0 Å². The average Bonchev–Trinajstić information content (AvgIpc) is 2.76. The van der Waals surface area contributed by atoms with Gasteiger partial charge in [-0.05, 0) is 61.0 Å². The lowest BCUT2D eigenvalue weighted by Crippen LogP contribution is -2.29. The molecule has 0 spiro atoms. The van der Waals surface area contributed by atoms with E-state index in [1.165, 1.54) is 22.5 Å². The van der Waals surface area contributed by atoms with Crippen LogP contribution >= 0.6 is 11.6 Å². The molecule has 166 valence electrons. The highest BCUT2D eigenvalue weighted by Gasteiger charge is 2.18. The Balaban J connectivity index is 1.76. The van der Waals surface area contributed by atoms with E-state index in [4.69, 9.17) is 11.6 Å². The number of amides is 1. The van der Waals surface area contributed by atoms with Crippen LogP contribution in [0, 0.1) is 0 Å². The number of rotatable bonds is 7. The second-order valence-electron chi connectivity index (χ2n) is 7.10. The first-order valence-electron chi connectivity index (χ1n) is 9.60. The maximum absolute atomic E-state index is 12.4. The van der Waals surface area contributed by atoms with Crippen LogP contribution in [0.2, 0.25) is 5.02 Å². The molecule has 0 heterocycles. The molecule has 0 saturated heterocycles. The van der Waals surface area contributed by atoms with Crippen molar-refractivity contribution in [3.63, 3.8) is 0 Å². The first-order valence-corrected chi connectivity index (χ1v) is 11.8. The van der Waals surface area contributed by atoms with Crippen LogP contribution in [-0.4, -0.2) is 31.4 Å². The number of carbonyl (C=O) groups is 1. The largest absolute Gasteiger partial charge is 0.507 e. The van der Waals surface area contributed by atoms with Crippen molar-refractivity contribution in [1.29, 1.82) is 0 Å². The number of benzene rings is 3. The van der Waals surface area contributed by atoms with Crippen LogP contribution in [-0.2, 0) is 16.6 Å². The molecule has 0 bridgehead atoms. The van der Waals surface area contributed by atoms with Gasteiger partial charge in [-0.3, -0.25) is 9.10 Å². The van der Waals surface area contributed by atoms with Crippen molar-refractivity contribution in [3.05, 3.63) is 94.5 Å². The Kier molecular flexibility index (Phi) is 7.17. The van der Waals surface area contributed by atoms with Gasteiger partial charge in [0.2, 0.25) is 10.0 Å². The van der Waals surface area contributed by atoms with Crippen LogP contribution in [0.1, 0.15) is 28.4 Å². The van der Waals surface area contributed by atoms with Crippen LogP contribution in [0.3, 0.4) is 0 Å². The van der Waals surface area contributed by atoms with E-state index >= 15 is 0 Å². The van der Waals surface area contributed by atoms with Gasteiger partial charge in [0.15, 0.2) is 0 Å². The number of hydrogen-bond acceptors (Lipinski definition) is 5. The van der Waals surface area contributed by atoms with Gasteiger partial charge in [-0.2, -0.15) is 5.10 Å². The number of phenolic OH excluding ortho intramolecular Hbond substituents is 1. The normalized spacial score (nSPS) is 11.8. The van der Waals surface area contributed by atoms with Crippen molar-refractivity contribution >= 4 is 38.9 Å². The number of hydrazone groups is 1. The Morgan fingerprint density at radius 2 is 1.66 bits per heavy atom. The number of anilines is 1. The molecule has 1 amide bonds. The van der Waals surface area contributed by atoms with Crippen molar-refractivity contribution in [2.24, 2.45) is 5.10 Å². The Bertz CT molecular complexity index is 1240. The van der Waals surface area contributed by atoms with Crippen LogP contribution in [0.25, 0.3) is 0 Å². The summed E-state index contributed by atoms with van der Waals surface area (Å²) in [6.07, 6.45) is 1.13. The molecule has 0 unspecified atom stereocenters. The average molecular weight is 472 g/mol. The van der Waals surface area contributed by atoms with Gasteiger partial charge < -0.3 is 5.11 Å². The molecule has 3 aromatic rings. The summed E-state index contributed by atoms with van der Waals surface area (Å²) in [5, 5.41) is 14.5. The van der Waals surface area contributed by atoms with Gasteiger partial charge in [0.25, 0.3) is 5.91 Å². The maximum Gasteiger partial charge on any atom is 0.271 e. The number of nitrogens with zero attached hydrogens (tertiary/aromatic N) is 2. The zero-order valence-electron chi connectivity index (χ0n) is 17.5. The second-order valence-corrected chi connectivity index (χ2v) is 9.44. The predicted molar refractivity (Wildman–Crippen MR) is 127 cm³/mol. The molecule has 0 aliphatic heterocycles. The van der Waals surface area contributed by atoms with Gasteiger partial charge in [-0.1, -0.05) is 35.9 Å². The highest BCUT2D eigenvalue weighted by Crippen LogP contribution is 2.22. The van der Waals surface area contributed by atoms with Crippen molar-refractivity contribution in [2.75, 3.05) is 10.6 Å². The smallest absolute Gasteiger partial charge is 0.271 e. The molecular weight excluding hydrogens is 450 g/mol. The van der Waals surface area contributed by atoms with Crippen LogP contribution < -0.4 is 9.73 Å². The number of phenols is 1. The Morgan fingerprint density at radius 3 is 2.25 bits per heavy atom. The summed E-state index contributed by atoms with van der Waals surface area (Å²) < 4.78 is 25.9. The number of aromatic hydroxyl groups is 1. The highest BCUT2D eigenvalue weighted by atomic mass is 35.5. The minimum absolute atomic E-state index is 0.0638. The van der Waals surface area contributed by atoms with E-state index < -0.39 is 15.9 Å². The maximum atomic E-state index is 12.4. The fourth-order valence-electron chi connectivity index (χ4n) is 2.97. The summed E-state index contributed by atoms with van der Waals surface area (Å²) in [5.74, 6) is -0.399. The van der Waals surface area contributed by atoms with E-state index in [2.05, 4.69) is 10.5 Å². The molecule has 0 aliphatic carbocycles. The lowest BCUT2D eigenvalue weighted by Gasteiger charge is -2.22. The van der Waals surface area contributed by atoms with Crippen molar-refractivity contribution in [1.82, 2.24) is 5.43 Å². The highest BCUT2D eigenvalue weighted by molar-refractivity contribution is 7.92. The quantitative estimate of drug-likeness (QED) is 0.399. The molecule has 2 N–H and O–H groups in total. The summed E-state index contributed by atoms with van der Waals surface area (Å²) >= 11 is 5.90. The Morgan fingerprint density at radius 1 is 1.03 bits per heavy atom. The second kappa shape index (κ2) is 9.84. The molecule has 0 aliphatic rings. The Hall–Kier alpha value is -3.36. The number of para-hydroxylation sites is 1. The molecule has 9 heteroatoms. The third kappa shape index (κ3) is 5.87. The zero-order chi connectivity index (χ0) is 23.3. The minimum atomic E-state index is -3.56. The number of carbonyl (C=O) groups excluding carboxylic acids is 1. The van der Waals surface area contributed by atoms with Crippen LogP contribution in [0.5, 0.6) is 5.75 Å². The molecule has 0 aromatic heterocycles. The standard InChI is InChI=1S/C23H22ClN3O4S/c1-16(21-5-3-4-6-22(21)28)25-26-23(29)18-9-13-20(14-10-18)27(32(2,30)31)15-17-7-11-19(24)12-8-17/h3-14,28H,15H2,1-2H3,(H,26,29). The molecule has 3 rings (SSSR count). The van der Waals surface area contributed by atoms with Crippen molar-refractivity contribution < 1.29 is 18.3 Å². The van der Waals surface area contributed by atoms with E-state index in [9.17, 15) is 18.3 Å². The van der Waals surface area contributed by atoms with Crippen LogP contribution in [0.15, 0.2) is 77.9 Å². The van der Waals surface area contributed by atoms with Gasteiger partial charge in [0, 0.05) is 16.1 Å². The van der Waals surface area contributed by atoms with Crippen LogP contribution in [0.4, 0.5) is 5.69 Å². The van der Waals surface area contributed by atoms with E-state index in [1.54, 1.807) is 61.5 Å². The molecule has 0 radical (unpaired) electrons. The first kappa shape index (κ1) is 23.3. The molecule has 7 nitrogen and oxygen atoms in total. The Labute approximate surface area is 192 Å². The third-order valence-electron chi connectivity index (χ3n) is 4.68. The van der Waals surface area contributed by atoms with E-state index in [1.807, 2.05) is 0 Å². The summed E-state index contributed by atoms with van der Waals surface area (Å²) in [4.78, 5) is 12.4. The van der Waals surface area contributed by atoms with Gasteiger partial charge in [0.1, 0.15) is 5.75 Å². The third-order valence-corrected chi connectivity index (χ3v) is 6.07. The number of sulfonamides is 1. The van der Waals surface area contributed by atoms with Crippen molar-refractivity contribution in [2.45, 2.75) is 13.5 Å². The lowest BCUT2D eigenvalue weighted by molar-refractivity contribution is 0.0955. The topological polar surface area (TPSA) is 99.1 Å². The van der Waals surface area contributed by atoms with E-state index in [0.717, 1.165) is 11.8 Å². The monoisotopic (exact) mass is 471 g/mol. The molecular formula is C23H22ClN3O4S. The summed E-state index contributed by atoms with van der Waals surface area (Å²) in [5.41, 5.74) is 4.90. The molecule has 0 fully saturated rings. The SMILES string of the molecule is CC(=NNC(=O)c1ccc(N(Cc2ccc(Cl)cc2)S(C)(=O)=O)cc1)c1ccccc1O. The predicted octanol–water partition coefficient (Wildman–Crippen LogP) is 4.17. The number of nitrogens with one attached hydrogen (secondary N) is 1. The number of hydrogen-bond donors (Lipinski definition) is 2. The van der Waals surface area contributed by atoms with Gasteiger partial charge in [0.05, 0.1) is 24.2 Å². The first-order chi connectivity index (χ1) is 15.1. The molecule has 3 aromatic carbocycles. The van der Waals surface area contributed by atoms with E-state index in [0.29, 0.717) is 27.5 Å². The van der Waals surface area contributed by atoms with Crippen molar-refractivity contribution in [3.8, 4) is 5.75 Å².